The third kappa shape index (κ3) is 8.56. The second kappa shape index (κ2) is 11.5. The fourth-order valence-electron chi connectivity index (χ4n) is 2.32. The molecule has 0 saturated heterocycles. The van der Waals surface area contributed by atoms with Crippen molar-refractivity contribution in [3.8, 4) is 0 Å². The van der Waals surface area contributed by atoms with Gasteiger partial charge in [0.05, 0.1) is 0 Å². The van der Waals surface area contributed by atoms with Crippen LogP contribution in [0.1, 0.15) is 52.0 Å². The van der Waals surface area contributed by atoms with Crippen LogP contribution in [0.4, 0.5) is 4.79 Å². The lowest BCUT2D eigenvalue weighted by molar-refractivity contribution is -0.123. The molecule has 0 fully saturated rings. The predicted molar refractivity (Wildman–Crippen MR) is 95.5 cm³/mol. The normalized spacial score (nSPS) is 11.8. The molecule has 24 heavy (non-hydrogen) atoms. The highest BCUT2D eigenvalue weighted by atomic mass is 16.5. The highest BCUT2D eigenvalue weighted by Crippen LogP contribution is 2.07. The average molecular weight is 334 g/mol. The summed E-state index contributed by atoms with van der Waals surface area (Å²) >= 11 is 0. The monoisotopic (exact) mass is 334 g/mol. The molecule has 1 aromatic carbocycles. The Morgan fingerprint density at radius 1 is 1.12 bits per heavy atom. The fraction of sp³-hybridized carbons (Fsp3) is 0.579. The van der Waals surface area contributed by atoms with Crippen LogP contribution < -0.4 is 10.6 Å². The first-order chi connectivity index (χ1) is 11.5. The second-order valence-electron chi connectivity index (χ2n) is 6.39. The SMILES string of the molecule is CCCCCNC(=O)C(CC(C)C)NC(=O)OCc1ccccc1. The number of carbonyl (C=O) groups excluding carboxylic acids is 2. The van der Waals surface area contributed by atoms with E-state index in [-0.39, 0.29) is 12.5 Å². The number of hydrogen-bond donors (Lipinski definition) is 2. The van der Waals surface area contributed by atoms with E-state index in [4.69, 9.17) is 4.74 Å². The molecule has 5 heteroatoms. The molecule has 0 aliphatic rings. The average Bonchev–Trinajstić information content (AvgIpc) is 2.56. The van der Waals surface area contributed by atoms with Crippen LogP contribution in [-0.2, 0) is 16.1 Å². The Morgan fingerprint density at radius 2 is 1.83 bits per heavy atom. The predicted octanol–water partition coefficient (Wildman–Crippen LogP) is 3.63. The molecule has 134 valence electrons. The van der Waals surface area contributed by atoms with Crippen LogP contribution in [0.2, 0.25) is 0 Å². The molecule has 5 nitrogen and oxygen atoms in total. The number of hydrogen-bond acceptors (Lipinski definition) is 3. The summed E-state index contributed by atoms with van der Waals surface area (Å²) in [5, 5.41) is 5.58. The summed E-state index contributed by atoms with van der Waals surface area (Å²) < 4.78 is 5.20. The summed E-state index contributed by atoms with van der Waals surface area (Å²) in [6.07, 6.45) is 3.17. The van der Waals surface area contributed by atoms with Gasteiger partial charge in [0.25, 0.3) is 0 Å². The van der Waals surface area contributed by atoms with E-state index in [9.17, 15) is 9.59 Å². The minimum Gasteiger partial charge on any atom is -0.445 e. The minimum atomic E-state index is -0.562. The van der Waals surface area contributed by atoms with Gasteiger partial charge in [-0.2, -0.15) is 0 Å². The Balaban J connectivity index is 2.45. The fourth-order valence-corrected chi connectivity index (χ4v) is 2.32. The Hall–Kier alpha value is -2.04. The number of benzene rings is 1. The molecular formula is C19H30N2O3. The topological polar surface area (TPSA) is 67.4 Å². The maximum Gasteiger partial charge on any atom is 0.408 e. The Morgan fingerprint density at radius 3 is 2.46 bits per heavy atom. The van der Waals surface area contributed by atoms with E-state index in [0.29, 0.717) is 18.9 Å². The van der Waals surface area contributed by atoms with E-state index >= 15 is 0 Å². The molecule has 1 aromatic rings. The van der Waals surface area contributed by atoms with Crippen molar-refractivity contribution in [3.63, 3.8) is 0 Å². The quantitative estimate of drug-likeness (QED) is 0.642. The van der Waals surface area contributed by atoms with Gasteiger partial charge >= 0.3 is 6.09 Å². The Labute approximate surface area is 145 Å². The second-order valence-corrected chi connectivity index (χ2v) is 6.39. The molecule has 0 saturated carbocycles. The number of unbranched alkanes of at least 4 members (excludes halogenated alkanes) is 2. The first kappa shape index (κ1) is 20.0. The number of nitrogens with one attached hydrogen (secondary N) is 2. The van der Waals surface area contributed by atoms with Crippen LogP contribution in [0.5, 0.6) is 0 Å². The lowest BCUT2D eigenvalue weighted by Crippen LogP contribution is -2.47. The molecule has 0 aliphatic carbocycles. The van der Waals surface area contributed by atoms with Crippen LogP contribution in [0, 0.1) is 5.92 Å². The Kier molecular flexibility index (Phi) is 9.58. The standard InChI is InChI=1S/C19H30N2O3/c1-4-5-9-12-20-18(22)17(13-15(2)3)21-19(23)24-14-16-10-7-6-8-11-16/h6-8,10-11,15,17H,4-5,9,12-14H2,1-3H3,(H,20,22)(H,21,23). The molecule has 0 radical (unpaired) electrons. The zero-order chi connectivity index (χ0) is 17.8. The molecular weight excluding hydrogens is 304 g/mol. The van der Waals surface area contributed by atoms with E-state index in [0.717, 1.165) is 24.8 Å². The van der Waals surface area contributed by atoms with E-state index in [2.05, 4.69) is 17.6 Å². The van der Waals surface area contributed by atoms with Crippen LogP contribution >= 0.6 is 0 Å². The lowest BCUT2D eigenvalue weighted by Gasteiger charge is -2.20. The number of carbonyl (C=O) groups is 2. The van der Waals surface area contributed by atoms with Gasteiger partial charge in [0.1, 0.15) is 12.6 Å². The number of rotatable bonds is 10. The van der Waals surface area contributed by atoms with Gasteiger partial charge in [0.2, 0.25) is 5.91 Å². The highest BCUT2D eigenvalue weighted by molar-refractivity contribution is 5.85. The maximum absolute atomic E-state index is 12.3. The molecule has 1 rings (SSSR count). The number of amides is 2. The summed E-state index contributed by atoms with van der Waals surface area (Å²) in [4.78, 5) is 24.2. The van der Waals surface area contributed by atoms with E-state index in [1.165, 1.54) is 0 Å². The van der Waals surface area contributed by atoms with E-state index in [1.54, 1.807) is 0 Å². The van der Waals surface area contributed by atoms with Crippen molar-refractivity contribution in [2.75, 3.05) is 6.54 Å². The molecule has 2 amide bonds. The molecule has 0 bridgehead atoms. The van der Waals surface area contributed by atoms with Gasteiger partial charge in [0, 0.05) is 6.54 Å². The highest BCUT2D eigenvalue weighted by Gasteiger charge is 2.22. The lowest BCUT2D eigenvalue weighted by atomic mass is 10.0. The molecule has 1 unspecified atom stereocenters. The molecule has 2 N–H and O–H groups in total. The van der Waals surface area contributed by atoms with Gasteiger partial charge in [-0.3, -0.25) is 4.79 Å². The van der Waals surface area contributed by atoms with Crippen molar-refractivity contribution >= 4 is 12.0 Å². The van der Waals surface area contributed by atoms with Crippen molar-refractivity contribution in [1.29, 1.82) is 0 Å². The van der Waals surface area contributed by atoms with Crippen LogP contribution in [0.15, 0.2) is 30.3 Å². The van der Waals surface area contributed by atoms with Gasteiger partial charge < -0.3 is 15.4 Å². The Bertz CT molecular complexity index is 489. The summed E-state index contributed by atoms with van der Waals surface area (Å²) in [6.45, 7) is 7.00. The van der Waals surface area contributed by atoms with Crippen molar-refractivity contribution in [2.45, 2.75) is 59.1 Å². The van der Waals surface area contributed by atoms with Crippen LogP contribution in [-0.4, -0.2) is 24.6 Å². The van der Waals surface area contributed by atoms with Gasteiger partial charge in [0.15, 0.2) is 0 Å². The molecule has 1 atom stereocenters. The molecule has 0 spiro atoms. The third-order valence-electron chi connectivity index (χ3n) is 3.61. The summed E-state index contributed by atoms with van der Waals surface area (Å²) in [5.41, 5.74) is 0.914. The van der Waals surface area contributed by atoms with Gasteiger partial charge in [-0.05, 0) is 24.3 Å². The maximum atomic E-state index is 12.3. The smallest absolute Gasteiger partial charge is 0.408 e. The minimum absolute atomic E-state index is 0.142. The van der Waals surface area contributed by atoms with Crippen molar-refractivity contribution in [3.05, 3.63) is 35.9 Å². The van der Waals surface area contributed by atoms with Crippen LogP contribution in [0.25, 0.3) is 0 Å². The van der Waals surface area contributed by atoms with Crippen molar-refractivity contribution < 1.29 is 14.3 Å². The first-order valence-electron chi connectivity index (χ1n) is 8.77. The van der Waals surface area contributed by atoms with E-state index in [1.807, 2.05) is 44.2 Å². The zero-order valence-electron chi connectivity index (χ0n) is 15.0. The summed E-state index contributed by atoms with van der Waals surface area (Å²) in [7, 11) is 0. The van der Waals surface area contributed by atoms with Crippen LogP contribution in [0.3, 0.4) is 0 Å². The third-order valence-corrected chi connectivity index (χ3v) is 3.61. The first-order valence-corrected chi connectivity index (χ1v) is 8.77. The molecule has 0 aromatic heterocycles. The number of alkyl carbamates (subject to hydrolysis) is 1. The van der Waals surface area contributed by atoms with Gasteiger partial charge in [-0.1, -0.05) is 63.9 Å². The van der Waals surface area contributed by atoms with Gasteiger partial charge in [-0.25, -0.2) is 4.79 Å². The summed E-state index contributed by atoms with van der Waals surface area (Å²) in [5.74, 6) is 0.155. The van der Waals surface area contributed by atoms with Crippen molar-refractivity contribution in [1.82, 2.24) is 10.6 Å². The number of ether oxygens (including phenoxy) is 1. The molecule has 0 aliphatic heterocycles. The molecule has 0 heterocycles. The van der Waals surface area contributed by atoms with Crippen molar-refractivity contribution in [2.24, 2.45) is 5.92 Å². The zero-order valence-corrected chi connectivity index (χ0v) is 15.0. The largest absolute Gasteiger partial charge is 0.445 e. The van der Waals surface area contributed by atoms with E-state index < -0.39 is 12.1 Å². The van der Waals surface area contributed by atoms with Gasteiger partial charge in [-0.15, -0.1) is 0 Å². The summed E-state index contributed by atoms with van der Waals surface area (Å²) in [6, 6.07) is 8.91.